The van der Waals surface area contributed by atoms with E-state index in [1.165, 1.54) is 0 Å². The lowest BCUT2D eigenvalue weighted by Crippen LogP contribution is -2.47. The summed E-state index contributed by atoms with van der Waals surface area (Å²) in [7, 11) is -3.60. The van der Waals surface area contributed by atoms with Gasteiger partial charge in [-0.1, -0.05) is 44.2 Å². The number of nitrogens with zero attached hydrogens (tertiary/aromatic N) is 2. The second kappa shape index (κ2) is 9.23. The van der Waals surface area contributed by atoms with Crippen molar-refractivity contribution in [1.82, 2.24) is 9.88 Å². The van der Waals surface area contributed by atoms with Crippen LogP contribution in [0.4, 0.5) is 0 Å². The maximum Gasteiger partial charge on any atom is 0.253 e. The summed E-state index contributed by atoms with van der Waals surface area (Å²) in [6, 6.07) is 15.5. The Morgan fingerprint density at radius 2 is 1.73 bits per heavy atom. The molecule has 0 aliphatic carbocycles. The van der Waals surface area contributed by atoms with Crippen LogP contribution in [0.3, 0.4) is 0 Å². The van der Waals surface area contributed by atoms with Gasteiger partial charge in [0, 0.05) is 30.2 Å². The number of aromatic nitrogens is 1. The Hall–Kier alpha value is -2.77. The molecule has 0 spiro atoms. The van der Waals surface area contributed by atoms with E-state index in [0.29, 0.717) is 48.5 Å². The van der Waals surface area contributed by atoms with E-state index in [1.807, 2.05) is 12.1 Å². The van der Waals surface area contributed by atoms with Gasteiger partial charge in [-0.15, -0.1) is 0 Å². The fourth-order valence-electron chi connectivity index (χ4n) is 4.64. The molecule has 2 aromatic carbocycles. The summed E-state index contributed by atoms with van der Waals surface area (Å²) in [6.45, 7) is 5.22. The standard InChI is InChI=1S/C26H30N2O4S/c1-19(2)17-26(30)12-15-28(16-13-26)25(29)22-10-8-20(9-11-22)18-33(31,32)23-7-3-5-21-6-4-14-27-24(21)23/h3-11,14,19,30H,12-13,15-18H2,1-2H3. The highest BCUT2D eigenvalue weighted by Gasteiger charge is 2.34. The lowest BCUT2D eigenvalue weighted by molar-refractivity contribution is -0.0311. The Morgan fingerprint density at radius 1 is 1.06 bits per heavy atom. The number of carbonyl (C=O) groups is 1. The van der Waals surface area contributed by atoms with Crippen molar-refractivity contribution in [3.05, 3.63) is 71.9 Å². The van der Waals surface area contributed by atoms with Crippen LogP contribution in [0.2, 0.25) is 0 Å². The van der Waals surface area contributed by atoms with Crippen LogP contribution in [0.25, 0.3) is 10.9 Å². The number of pyridine rings is 1. The first kappa shape index (κ1) is 23.4. The lowest BCUT2D eigenvalue weighted by atomic mass is 9.84. The Labute approximate surface area is 195 Å². The summed E-state index contributed by atoms with van der Waals surface area (Å²) >= 11 is 0. The molecule has 2 heterocycles. The van der Waals surface area contributed by atoms with Gasteiger partial charge in [-0.3, -0.25) is 9.78 Å². The zero-order valence-electron chi connectivity index (χ0n) is 19.1. The molecule has 1 aliphatic rings. The zero-order valence-corrected chi connectivity index (χ0v) is 19.9. The summed E-state index contributed by atoms with van der Waals surface area (Å²) in [4.78, 5) is 19.1. The van der Waals surface area contributed by atoms with E-state index >= 15 is 0 Å². The first-order chi connectivity index (χ1) is 15.7. The summed E-state index contributed by atoms with van der Waals surface area (Å²) < 4.78 is 26.2. The predicted octanol–water partition coefficient (Wildman–Crippen LogP) is 4.22. The first-order valence-electron chi connectivity index (χ1n) is 11.3. The van der Waals surface area contributed by atoms with E-state index in [-0.39, 0.29) is 16.6 Å². The van der Waals surface area contributed by atoms with Gasteiger partial charge in [0.1, 0.15) is 0 Å². The topological polar surface area (TPSA) is 87.6 Å². The SMILES string of the molecule is CC(C)CC1(O)CCN(C(=O)c2ccc(CS(=O)(=O)c3cccc4cccnc34)cc2)CC1. The highest BCUT2D eigenvalue weighted by atomic mass is 32.2. The van der Waals surface area contributed by atoms with Crippen LogP contribution in [0, 0.1) is 5.92 Å². The summed E-state index contributed by atoms with van der Waals surface area (Å²) in [5, 5.41) is 11.5. The monoisotopic (exact) mass is 466 g/mol. The van der Waals surface area contributed by atoms with Crippen molar-refractivity contribution < 1.29 is 18.3 Å². The van der Waals surface area contributed by atoms with Crippen molar-refractivity contribution in [3.8, 4) is 0 Å². The van der Waals surface area contributed by atoms with Crippen molar-refractivity contribution in [3.63, 3.8) is 0 Å². The van der Waals surface area contributed by atoms with E-state index in [2.05, 4.69) is 18.8 Å². The minimum Gasteiger partial charge on any atom is -0.390 e. The minimum atomic E-state index is -3.60. The van der Waals surface area contributed by atoms with Crippen molar-refractivity contribution in [2.24, 2.45) is 5.92 Å². The van der Waals surface area contributed by atoms with Crippen LogP contribution in [0.5, 0.6) is 0 Å². The minimum absolute atomic E-state index is 0.0887. The largest absolute Gasteiger partial charge is 0.390 e. The third-order valence-electron chi connectivity index (χ3n) is 6.26. The number of aliphatic hydroxyl groups is 1. The molecular weight excluding hydrogens is 436 g/mol. The summed E-state index contributed by atoms with van der Waals surface area (Å²) in [6.07, 6.45) is 3.48. The van der Waals surface area contributed by atoms with Gasteiger partial charge in [-0.25, -0.2) is 8.42 Å². The Bertz CT molecular complexity index is 1240. The second-order valence-electron chi connectivity index (χ2n) is 9.40. The molecule has 174 valence electrons. The fraction of sp³-hybridized carbons (Fsp3) is 0.385. The molecule has 1 aliphatic heterocycles. The van der Waals surface area contributed by atoms with Gasteiger partial charge < -0.3 is 10.0 Å². The number of likely N-dealkylation sites (tertiary alicyclic amines) is 1. The average Bonchev–Trinajstić information content (AvgIpc) is 2.78. The lowest BCUT2D eigenvalue weighted by Gasteiger charge is -2.39. The molecule has 1 aromatic heterocycles. The molecule has 0 unspecified atom stereocenters. The molecule has 0 atom stereocenters. The molecule has 0 saturated carbocycles. The molecule has 4 rings (SSSR count). The zero-order chi connectivity index (χ0) is 23.6. The van der Waals surface area contributed by atoms with Gasteiger partial charge in [0.05, 0.1) is 21.8 Å². The van der Waals surface area contributed by atoms with Crippen LogP contribution < -0.4 is 0 Å². The van der Waals surface area contributed by atoms with Gasteiger partial charge in [0.15, 0.2) is 9.84 Å². The van der Waals surface area contributed by atoms with Crippen molar-refractivity contribution in [1.29, 1.82) is 0 Å². The molecule has 33 heavy (non-hydrogen) atoms. The number of amides is 1. The van der Waals surface area contributed by atoms with Crippen LogP contribution in [-0.2, 0) is 15.6 Å². The van der Waals surface area contributed by atoms with E-state index in [4.69, 9.17) is 0 Å². The molecule has 7 heteroatoms. The maximum absolute atomic E-state index is 13.1. The molecule has 1 amide bonds. The number of hydrogen-bond acceptors (Lipinski definition) is 5. The molecular formula is C26H30N2O4S. The van der Waals surface area contributed by atoms with Crippen LogP contribution in [0.1, 0.15) is 49.0 Å². The number of sulfone groups is 1. The molecule has 1 fully saturated rings. The third kappa shape index (κ3) is 5.25. The smallest absolute Gasteiger partial charge is 0.253 e. The maximum atomic E-state index is 13.1. The number of benzene rings is 2. The highest BCUT2D eigenvalue weighted by Crippen LogP contribution is 2.30. The van der Waals surface area contributed by atoms with Gasteiger partial charge in [-0.05, 0) is 55.0 Å². The molecule has 1 saturated heterocycles. The second-order valence-corrected chi connectivity index (χ2v) is 11.4. The quantitative estimate of drug-likeness (QED) is 0.588. The predicted molar refractivity (Wildman–Crippen MR) is 129 cm³/mol. The Balaban J connectivity index is 1.45. The Morgan fingerprint density at radius 3 is 2.39 bits per heavy atom. The normalized spacial score (nSPS) is 16.3. The van der Waals surface area contributed by atoms with Gasteiger partial charge in [0.2, 0.25) is 0 Å². The van der Waals surface area contributed by atoms with Crippen molar-refractivity contribution >= 4 is 26.6 Å². The molecule has 0 radical (unpaired) electrons. The fourth-order valence-corrected chi connectivity index (χ4v) is 6.18. The number of fused-ring (bicyclic) bond motifs is 1. The van der Waals surface area contributed by atoms with Crippen molar-refractivity contribution in [2.45, 2.75) is 49.4 Å². The van der Waals surface area contributed by atoms with Crippen molar-refractivity contribution in [2.75, 3.05) is 13.1 Å². The number of para-hydroxylation sites is 1. The first-order valence-corrected chi connectivity index (χ1v) is 13.0. The van der Waals surface area contributed by atoms with E-state index < -0.39 is 15.4 Å². The molecule has 1 N–H and O–H groups in total. The van der Waals surface area contributed by atoms with Crippen LogP contribution >= 0.6 is 0 Å². The molecule has 6 nitrogen and oxygen atoms in total. The van der Waals surface area contributed by atoms with Gasteiger partial charge in [-0.2, -0.15) is 0 Å². The molecule has 0 bridgehead atoms. The van der Waals surface area contributed by atoms with Gasteiger partial charge >= 0.3 is 0 Å². The third-order valence-corrected chi connectivity index (χ3v) is 7.97. The number of hydrogen-bond donors (Lipinski definition) is 1. The number of piperidine rings is 1. The Kier molecular flexibility index (Phi) is 6.54. The van der Waals surface area contributed by atoms with E-state index in [9.17, 15) is 18.3 Å². The number of rotatable bonds is 6. The van der Waals surface area contributed by atoms with Crippen LogP contribution in [0.15, 0.2) is 65.7 Å². The average molecular weight is 467 g/mol. The van der Waals surface area contributed by atoms with Crippen LogP contribution in [-0.4, -0.2) is 48.0 Å². The summed E-state index contributed by atoms with van der Waals surface area (Å²) in [5.74, 6) is 0.156. The summed E-state index contributed by atoms with van der Waals surface area (Å²) in [5.41, 5.74) is 0.913. The van der Waals surface area contributed by atoms with E-state index in [1.54, 1.807) is 53.6 Å². The van der Waals surface area contributed by atoms with Gasteiger partial charge in [0.25, 0.3) is 5.91 Å². The van der Waals surface area contributed by atoms with E-state index in [0.717, 1.165) is 11.8 Å². The number of carbonyl (C=O) groups excluding carboxylic acids is 1. The molecule has 3 aromatic rings. The highest BCUT2D eigenvalue weighted by molar-refractivity contribution is 7.90.